The van der Waals surface area contributed by atoms with E-state index in [4.69, 9.17) is 0 Å². The van der Waals surface area contributed by atoms with E-state index >= 15 is 0 Å². The number of amides is 6. The summed E-state index contributed by atoms with van der Waals surface area (Å²) in [6.45, 7) is 39.5. The Morgan fingerprint density at radius 1 is 0.250 bits per heavy atom. The van der Waals surface area contributed by atoms with Crippen LogP contribution in [0.15, 0.2) is 0 Å². The van der Waals surface area contributed by atoms with Crippen LogP contribution in [0.3, 0.4) is 0 Å². The Bertz CT molecular complexity index is 1010. The molecule has 18 heteroatoms. The first-order valence-electron chi connectivity index (χ1n) is 16.9. The zero-order valence-corrected chi connectivity index (χ0v) is 39.4. The van der Waals surface area contributed by atoms with Crippen molar-refractivity contribution in [1.82, 2.24) is 27.4 Å². The molecule has 0 unspecified atom stereocenters. The Hall–Kier alpha value is -1.88. The topological polar surface area (TPSA) is 122 Å². The minimum atomic E-state index is -1.70. The zero-order valence-electron chi connectivity index (χ0n) is 33.4. The van der Waals surface area contributed by atoms with Gasteiger partial charge in [-0.1, -0.05) is 118 Å². The summed E-state index contributed by atoms with van der Waals surface area (Å²) in [6, 6.07) is 0. The minimum absolute atomic E-state index is 0.126. The van der Waals surface area contributed by atoms with Gasteiger partial charge in [0.25, 0.3) is 0 Å². The lowest BCUT2D eigenvalue weighted by molar-refractivity contribution is -0.142. The molecule has 276 valence electrons. The van der Waals surface area contributed by atoms with Crippen molar-refractivity contribution in [3.8, 4) is 0 Å². The predicted molar refractivity (Wildman–Crippen MR) is 210 cm³/mol. The van der Waals surface area contributed by atoms with Gasteiger partial charge in [-0.25, -0.2) is 0 Å². The lowest BCUT2D eigenvalue weighted by Gasteiger charge is -2.44. The lowest BCUT2D eigenvalue weighted by atomic mass is 10.4. The molecule has 12 nitrogen and oxygen atoms in total. The Labute approximate surface area is 297 Å². The van der Waals surface area contributed by atoms with Crippen LogP contribution >= 0.6 is 0 Å². The van der Waals surface area contributed by atoms with Crippen LogP contribution in [-0.4, -0.2) is 152 Å². The summed E-state index contributed by atoms with van der Waals surface area (Å²) in [4.78, 5) is 72.2. The summed E-state index contributed by atoms with van der Waals surface area (Å²) in [6.07, 6.45) is 0. The van der Waals surface area contributed by atoms with Gasteiger partial charge in [0, 0.05) is 0 Å². The molecular weight excluding hydrogens is 709 g/mol. The average Bonchev–Trinajstić information content (AvgIpc) is 2.84. The number of rotatable bonds is 6. The van der Waals surface area contributed by atoms with E-state index in [-0.39, 0.29) is 35.4 Å². The molecule has 0 radical (unpaired) electrons. The van der Waals surface area contributed by atoms with Gasteiger partial charge in [-0.05, 0) is 0 Å². The molecule has 0 aromatic carbocycles. The average molecular weight is 775 g/mol. The molecule has 0 spiro atoms. The van der Waals surface area contributed by atoms with Crippen LogP contribution in [0.1, 0.15) is 0 Å². The van der Waals surface area contributed by atoms with Crippen molar-refractivity contribution in [3.63, 3.8) is 0 Å². The van der Waals surface area contributed by atoms with Gasteiger partial charge in [0.05, 0.1) is 39.3 Å². The van der Waals surface area contributed by atoms with Crippen molar-refractivity contribution in [1.29, 1.82) is 0 Å². The Balaban J connectivity index is 0.000000360. The maximum absolute atomic E-state index is 12.0. The number of carbonyl (C=O) groups excluding carboxylic acids is 6. The van der Waals surface area contributed by atoms with E-state index in [1.54, 1.807) is 0 Å². The second-order valence-electron chi connectivity index (χ2n) is 18.9. The third kappa shape index (κ3) is 12.2. The molecule has 3 rings (SSSR count). The molecule has 0 saturated carbocycles. The maximum Gasteiger partial charge on any atom is 0.233 e. The van der Waals surface area contributed by atoms with E-state index in [1.807, 2.05) is 27.4 Å². The highest BCUT2D eigenvalue weighted by molar-refractivity contribution is 6.79. The molecule has 3 aliphatic heterocycles. The van der Waals surface area contributed by atoms with Crippen LogP contribution in [0.4, 0.5) is 0 Å². The van der Waals surface area contributed by atoms with Crippen LogP contribution in [0.25, 0.3) is 0 Å². The summed E-state index contributed by atoms with van der Waals surface area (Å²) in [5.41, 5.74) is 0. The number of hydrogen-bond acceptors (Lipinski definition) is 6. The Morgan fingerprint density at radius 2 is 0.333 bits per heavy atom. The zero-order chi connectivity index (χ0) is 38.2. The Morgan fingerprint density at radius 3 is 0.396 bits per heavy atom. The molecule has 0 N–H and O–H groups in total. The van der Waals surface area contributed by atoms with Crippen LogP contribution < -0.4 is 0 Å². The highest BCUT2D eigenvalue weighted by Gasteiger charge is 2.43. The third-order valence-corrected chi connectivity index (χ3v) is 20.6. The largest absolute Gasteiger partial charge is 0.360 e. The van der Waals surface area contributed by atoms with Crippen LogP contribution in [0.2, 0.25) is 118 Å². The van der Waals surface area contributed by atoms with Crippen molar-refractivity contribution in [2.75, 3.05) is 39.3 Å². The summed E-state index contributed by atoms with van der Waals surface area (Å²) >= 11 is 0. The van der Waals surface area contributed by atoms with Crippen LogP contribution in [0.5, 0.6) is 0 Å². The number of hydrogen-bond donors (Lipinski definition) is 0. The molecule has 3 fully saturated rings. The maximum atomic E-state index is 12.0. The van der Waals surface area contributed by atoms with E-state index in [0.29, 0.717) is 39.3 Å². The minimum Gasteiger partial charge on any atom is -0.360 e. The van der Waals surface area contributed by atoms with E-state index in [9.17, 15) is 28.8 Å². The first-order valence-corrected chi connectivity index (χ1v) is 37.6. The second kappa shape index (κ2) is 15.2. The van der Waals surface area contributed by atoms with Gasteiger partial charge in [-0.2, -0.15) is 0 Å². The molecule has 0 bridgehead atoms. The molecule has 0 aliphatic carbocycles. The number of piperazine rings is 3. The molecular formula is C30H66N6O6Si6. The first-order chi connectivity index (χ1) is 21.1. The summed E-state index contributed by atoms with van der Waals surface area (Å²) < 4.78 is 10.9. The molecule has 0 aromatic heterocycles. The lowest BCUT2D eigenvalue weighted by Crippen LogP contribution is -2.66. The highest BCUT2D eigenvalue weighted by Crippen LogP contribution is 2.22. The quantitative estimate of drug-likeness (QED) is 0.377. The van der Waals surface area contributed by atoms with Crippen molar-refractivity contribution >= 4 is 84.9 Å². The van der Waals surface area contributed by atoms with Gasteiger partial charge in [0.1, 0.15) is 0 Å². The van der Waals surface area contributed by atoms with Crippen molar-refractivity contribution in [2.24, 2.45) is 0 Å². The summed E-state index contributed by atoms with van der Waals surface area (Å²) in [5, 5.41) is 0. The van der Waals surface area contributed by atoms with E-state index in [2.05, 4.69) is 118 Å². The van der Waals surface area contributed by atoms with E-state index < -0.39 is 49.4 Å². The normalized spacial score (nSPS) is 19.4. The summed E-state index contributed by atoms with van der Waals surface area (Å²) in [7, 11) is -10.2. The third-order valence-electron chi connectivity index (χ3n) is 8.43. The molecule has 0 atom stereocenters. The smallest absolute Gasteiger partial charge is 0.233 e. The highest BCUT2D eigenvalue weighted by atomic mass is 28.3. The number of carbonyl (C=O) groups is 6. The molecule has 3 aliphatic rings. The van der Waals surface area contributed by atoms with Gasteiger partial charge < -0.3 is 27.4 Å². The monoisotopic (exact) mass is 774 g/mol. The van der Waals surface area contributed by atoms with Crippen molar-refractivity contribution in [2.45, 2.75) is 118 Å². The fraction of sp³-hybridized carbons (Fsp3) is 0.800. The first kappa shape index (κ1) is 44.1. The molecule has 0 aromatic rings. The van der Waals surface area contributed by atoms with Gasteiger partial charge in [-0.3, -0.25) is 28.8 Å². The molecule has 48 heavy (non-hydrogen) atoms. The van der Waals surface area contributed by atoms with Crippen molar-refractivity contribution < 1.29 is 28.8 Å². The van der Waals surface area contributed by atoms with Gasteiger partial charge in [-0.15, -0.1) is 0 Å². The molecule has 6 amide bonds. The predicted octanol–water partition coefficient (Wildman–Crippen LogP) is 3.98. The van der Waals surface area contributed by atoms with Gasteiger partial charge in [0.15, 0.2) is 49.4 Å². The van der Waals surface area contributed by atoms with Crippen LogP contribution in [0, 0.1) is 0 Å². The molecule has 3 heterocycles. The number of nitrogens with zero attached hydrogens (tertiary/aromatic N) is 6. The summed E-state index contributed by atoms with van der Waals surface area (Å²) in [5.74, 6) is 0.757. The molecule has 3 saturated heterocycles. The Kier molecular flexibility index (Phi) is 13.9. The van der Waals surface area contributed by atoms with Gasteiger partial charge in [0.2, 0.25) is 35.4 Å². The van der Waals surface area contributed by atoms with E-state index in [1.165, 1.54) is 0 Å². The fourth-order valence-corrected chi connectivity index (χ4v) is 14.1. The van der Waals surface area contributed by atoms with Crippen molar-refractivity contribution in [3.05, 3.63) is 0 Å². The van der Waals surface area contributed by atoms with E-state index in [0.717, 1.165) is 0 Å². The van der Waals surface area contributed by atoms with Gasteiger partial charge >= 0.3 is 0 Å². The SMILES string of the molecule is C[Si](C)(C)N1CC(=O)N([Si](C)(C)C)CC1=O.C[Si](C)(C)N1CC(=O)N([Si](C)(C)C)CC1=O.C[Si](C)(C)N1CC(=O)N([Si](C)(C)C)CC1=O. The standard InChI is InChI=1S/3C10H22N2O2Si2/c3*1-15(2,3)11-7-10(14)12(8-9(11)13)16(4,5)6/h3*7-8H2,1-6H3. The second-order valence-corrected chi connectivity index (χ2v) is 48.2. The fourth-order valence-electron chi connectivity index (χ4n) is 5.52. The van der Waals surface area contributed by atoms with Crippen LogP contribution in [-0.2, 0) is 28.8 Å².